The molecule has 0 aromatic carbocycles. The molecule has 0 radical (unpaired) electrons. The Morgan fingerprint density at radius 3 is 3.12 bits per heavy atom. The summed E-state index contributed by atoms with van der Waals surface area (Å²) in [6, 6.07) is 5.90. The van der Waals surface area contributed by atoms with Crippen molar-refractivity contribution in [2.75, 3.05) is 6.54 Å². The number of hydrogen-bond donors (Lipinski definition) is 1. The lowest BCUT2D eigenvalue weighted by molar-refractivity contribution is -0.146. The number of rotatable bonds is 4. The fraction of sp³-hybridized carbons (Fsp3) is 0.619. The lowest BCUT2D eigenvalue weighted by atomic mass is 9.55. The number of carbonyl (C=O) groups is 1. The minimum atomic E-state index is -0.0343. The summed E-state index contributed by atoms with van der Waals surface area (Å²) in [5.74, 6) is 0.830. The summed E-state index contributed by atoms with van der Waals surface area (Å²) in [5.41, 5.74) is 2.67. The van der Waals surface area contributed by atoms with E-state index >= 15 is 0 Å². The van der Waals surface area contributed by atoms with Crippen LogP contribution in [0.15, 0.2) is 36.5 Å². The Hall–Kier alpha value is -1.68. The SMILES string of the molecule is C=C1CCC[C@]2(C)C[C@H]3OC(=O)C(CNCc4ccccn4)[C@H]3CC12. The molecule has 5 atom stereocenters. The Morgan fingerprint density at radius 1 is 1.44 bits per heavy atom. The third-order valence-corrected chi connectivity index (χ3v) is 6.72. The third kappa shape index (κ3) is 3.12. The van der Waals surface area contributed by atoms with Gasteiger partial charge in [0.1, 0.15) is 6.10 Å². The molecule has 1 saturated heterocycles. The number of esters is 1. The fourth-order valence-electron chi connectivity index (χ4n) is 5.35. The molecule has 1 aromatic rings. The lowest BCUT2D eigenvalue weighted by Gasteiger charge is -2.50. The molecule has 0 spiro atoms. The molecule has 1 N–H and O–H groups in total. The van der Waals surface area contributed by atoms with Gasteiger partial charge >= 0.3 is 5.97 Å². The van der Waals surface area contributed by atoms with Gasteiger partial charge in [0.2, 0.25) is 0 Å². The van der Waals surface area contributed by atoms with E-state index < -0.39 is 0 Å². The van der Waals surface area contributed by atoms with Crippen molar-refractivity contribution < 1.29 is 9.53 Å². The molecule has 134 valence electrons. The van der Waals surface area contributed by atoms with Gasteiger partial charge in [0.05, 0.1) is 11.6 Å². The van der Waals surface area contributed by atoms with Crippen LogP contribution in [0.25, 0.3) is 0 Å². The number of pyridine rings is 1. The number of ether oxygens (including phenoxy) is 1. The van der Waals surface area contributed by atoms with Gasteiger partial charge in [-0.1, -0.05) is 25.1 Å². The van der Waals surface area contributed by atoms with Crippen LogP contribution in [-0.4, -0.2) is 23.6 Å². The molecule has 0 amide bonds. The quantitative estimate of drug-likeness (QED) is 0.673. The standard InChI is InChI=1S/C21H28N2O2/c1-14-6-5-8-21(2)11-19-16(10-18(14)21)17(20(24)25-19)13-22-12-15-7-3-4-9-23-15/h3-4,7,9,16-19,22H,1,5-6,8,10-13H2,2H3/t16-,17?,18?,19-,21-/m1/s1. The van der Waals surface area contributed by atoms with Crippen molar-refractivity contribution in [1.29, 1.82) is 0 Å². The average molecular weight is 340 g/mol. The summed E-state index contributed by atoms with van der Waals surface area (Å²) >= 11 is 0. The molecule has 4 nitrogen and oxygen atoms in total. The van der Waals surface area contributed by atoms with Crippen LogP contribution in [0.5, 0.6) is 0 Å². The minimum absolute atomic E-state index is 0.0172. The first-order valence-corrected chi connectivity index (χ1v) is 9.55. The summed E-state index contributed by atoms with van der Waals surface area (Å²) in [6.45, 7) is 8.09. The van der Waals surface area contributed by atoms with Gasteiger partial charge in [0.15, 0.2) is 0 Å². The zero-order valence-corrected chi connectivity index (χ0v) is 15.0. The largest absolute Gasteiger partial charge is 0.462 e. The maximum Gasteiger partial charge on any atom is 0.310 e. The van der Waals surface area contributed by atoms with Crippen molar-refractivity contribution in [2.45, 2.75) is 51.7 Å². The van der Waals surface area contributed by atoms with E-state index in [0.717, 1.165) is 25.0 Å². The molecule has 2 saturated carbocycles. The lowest BCUT2D eigenvalue weighted by Crippen LogP contribution is -2.45. The maximum atomic E-state index is 12.5. The van der Waals surface area contributed by atoms with Gasteiger partial charge in [-0.25, -0.2) is 0 Å². The smallest absolute Gasteiger partial charge is 0.310 e. The minimum Gasteiger partial charge on any atom is -0.462 e. The predicted octanol–water partition coefficient (Wildman–Crippen LogP) is 3.49. The topological polar surface area (TPSA) is 51.2 Å². The highest BCUT2D eigenvalue weighted by Crippen LogP contribution is 2.56. The van der Waals surface area contributed by atoms with Gasteiger partial charge in [-0.3, -0.25) is 9.78 Å². The first-order chi connectivity index (χ1) is 12.1. The number of aromatic nitrogens is 1. The van der Waals surface area contributed by atoms with Crippen LogP contribution in [0.2, 0.25) is 0 Å². The van der Waals surface area contributed by atoms with E-state index in [1.54, 1.807) is 6.20 Å². The molecule has 1 aromatic heterocycles. The maximum absolute atomic E-state index is 12.5. The number of fused-ring (bicyclic) bond motifs is 2. The number of carbonyl (C=O) groups excluding carboxylic acids is 1. The zero-order chi connectivity index (χ0) is 17.4. The highest BCUT2D eigenvalue weighted by atomic mass is 16.6. The predicted molar refractivity (Wildman–Crippen MR) is 96.6 cm³/mol. The van der Waals surface area contributed by atoms with Crippen LogP contribution in [0.3, 0.4) is 0 Å². The molecule has 3 fully saturated rings. The molecule has 1 aliphatic heterocycles. The molecule has 2 unspecified atom stereocenters. The van der Waals surface area contributed by atoms with Crippen LogP contribution in [0.4, 0.5) is 0 Å². The van der Waals surface area contributed by atoms with Crippen LogP contribution >= 0.6 is 0 Å². The second-order valence-electron chi connectivity index (χ2n) is 8.36. The molecular weight excluding hydrogens is 312 g/mol. The molecule has 0 bridgehead atoms. The van der Waals surface area contributed by atoms with Crippen molar-refractivity contribution in [2.24, 2.45) is 23.2 Å². The Morgan fingerprint density at radius 2 is 2.32 bits per heavy atom. The van der Waals surface area contributed by atoms with Crippen LogP contribution in [0.1, 0.15) is 44.7 Å². The highest BCUT2D eigenvalue weighted by Gasteiger charge is 2.54. The summed E-state index contributed by atoms with van der Waals surface area (Å²) in [6.07, 6.45) is 7.57. The zero-order valence-electron chi connectivity index (χ0n) is 15.0. The Labute approximate surface area is 150 Å². The van der Waals surface area contributed by atoms with Crippen molar-refractivity contribution >= 4 is 5.97 Å². The number of allylic oxidation sites excluding steroid dienone is 1. The van der Waals surface area contributed by atoms with Crippen molar-refractivity contribution in [3.63, 3.8) is 0 Å². The summed E-state index contributed by atoms with van der Waals surface area (Å²) in [7, 11) is 0. The van der Waals surface area contributed by atoms with E-state index in [2.05, 4.69) is 23.8 Å². The number of nitrogens with zero attached hydrogens (tertiary/aromatic N) is 1. The van der Waals surface area contributed by atoms with Crippen molar-refractivity contribution in [1.82, 2.24) is 10.3 Å². The summed E-state index contributed by atoms with van der Waals surface area (Å²) < 4.78 is 5.81. The van der Waals surface area contributed by atoms with Gasteiger partial charge in [-0.15, -0.1) is 0 Å². The second-order valence-corrected chi connectivity index (χ2v) is 8.36. The third-order valence-electron chi connectivity index (χ3n) is 6.72. The summed E-state index contributed by atoms with van der Waals surface area (Å²) in [5, 5.41) is 3.41. The Kier molecular flexibility index (Phi) is 4.40. The molecular formula is C21H28N2O2. The van der Waals surface area contributed by atoms with Crippen LogP contribution in [-0.2, 0) is 16.1 Å². The molecule has 4 rings (SSSR count). The number of nitrogens with one attached hydrogen (secondary N) is 1. The van der Waals surface area contributed by atoms with Crippen molar-refractivity contribution in [3.05, 3.63) is 42.2 Å². The molecule has 2 aliphatic carbocycles. The molecule has 4 heteroatoms. The number of hydrogen-bond acceptors (Lipinski definition) is 4. The van der Waals surface area contributed by atoms with Gasteiger partial charge < -0.3 is 10.1 Å². The van der Waals surface area contributed by atoms with E-state index in [1.807, 2.05) is 18.2 Å². The van der Waals surface area contributed by atoms with Gasteiger partial charge in [-0.2, -0.15) is 0 Å². The van der Waals surface area contributed by atoms with Gasteiger partial charge in [0, 0.05) is 25.2 Å². The van der Waals surface area contributed by atoms with Crippen LogP contribution < -0.4 is 5.32 Å². The second kappa shape index (κ2) is 6.56. The van der Waals surface area contributed by atoms with E-state index in [4.69, 9.17) is 4.74 Å². The van der Waals surface area contributed by atoms with Crippen LogP contribution in [0, 0.1) is 23.2 Å². The van der Waals surface area contributed by atoms with Crippen molar-refractivity contribution in [3.8, 4) is 0 Å². The first-order valence-electron chi connectivity index (χ1n) is 9.55. The summed E-state index contributed by atoms with van der Waals surface area (Å²) in [4.78, 5) is 16.8. The molecule has 2 heterocycles. The van der Waals surface area contributed by atoms with E-state index in [-0.39, 0.29) is 23.4 Å². The molecule has 25 heavy (non-hydrogen) atoms. The van der Waals surface area contributed by atoms with E-state index in [0.29, 0.717) is 24.9 Å². The Balaban J connectivity index is 1.42. The van der Waals surface area contributed by atoms with E-state index in [9.17, 15) is 4.79 Å². The monoisotopic (exact) mass is 340 g/mol. The fourth-order valence-corrected chi connectivity index (χ4v) is 5.35. The first kappa shape index (κ1) is 16.8. The van der Waals surface area contributed by atoms with Gasteiger partial charge in [-0.05, 0) is 55.6 Å². The van der Waals surface area contributed by atoms with E-state index in [1.165, 1.54) is 18.4 Å². The normalized spacial score (nSPS) is 37.3. The Bertz CT molecular complexity index is 659. The van der Waals surface area contributed by atoms with Gasteiger partial charge in [0.25, 0.3) is 0 Å². The average Bonchev–Trinajstić information content (AvgIpc) is 2.88. The highest BCUT2D eigenvalue weighted by molar-refractivity contribution is 5.75. The molecule has 3 aliphatic rings.